The smallest absolute Gasteiger partial charge is 0.253 e. The third kappa shape index (κ3) is 6.99. The Hall–Kier alpha value is -3.07. The van der Waals surface area contributed by atoms with Gasteiger partial charge in [0.2, 0.25) is 15.9 Å². The molecular weight excluding hydrogens is 418 g/mol. The van der Waals surface area contributed by atoms with Crippen LogP contribution in [0.4, 0.5) is 11.4 Å². The monoisotopic (exact) mass is 447 g/mol. The molecule has 0 fully saturated rings. The van der Waals surface area contributed by atoms with Crippen LogP contribution in [-0.2, 0) is 14.8 Å². The first-order valence-electron chi connectivity index (χ1n) is 10.1. The minimum atomic E-state index is -3.75. The molecule has 2 amide bonds. The van der Waals surface area contributed by atoms with E-state index < -0.39 is 22.5 Å². The molecule has 2 aromatic rings. The Kier molecular flexibility index (Phi) is 8.44. The molecule has 1 atom stereocenters. The number of benzene rings is 2. The minimum absolute atomic E-state index is 0.0189. The van der Waals surface area contributed by atoms with Crippen molar-refractivity contribution < 1.29 is 22.7 Å². The molecule has 0 bridgehead atoms. The average Bonchev–Trinajstić information content (AvgIpc) is 2.72. The van der Waals surface area contributed by atoms with Crippen molar-refractivity contribution in [3.63, 3.8) is 0 Å². The molecule has 8 nitrogen and oxygen atoms in total. The normalized spacial score (nSPS) is 12.0. The van der Waals surface area contributed by atoms with Crippen molar-refractivity contribution in [2.75, 3.05) is 29.0 Å². The molecule has 0 aliphatic rings. The number of nitrogens with zero attached hydrogens (tertiary/aromatic N) is 1. The number of hydrogen-bond acceptors (Lipinski definition) is 5. The van der Waals surface area contributed by atoms with E-state index >= 15 is 0 Å². The van der Waals surface area contributed by atoms with Crippen LogP contribution in [0.3, 0.4) is 0 Å². The van der Waals surface area contributed by atoms with Gasteiger partial charge in [-0.25, -0.2) is 8.42 Å². The Morgan fingerprint density at radius 1 is 1.10 bits per heavy atom. The number of nitrogens with one attached hydrogen (secondary N) is 2. The van der Waals surface area contributed by atoms with E-state index in [4.69, 9.17) is 4.74 Å². The summed E-state index contributed by atoms with van der Waals surface area (Å²) in [5, 5.41) is 5.52. The van der Waals surface area contributed by atoms with Gasteiger partial charge in [0.25, 0.3) is 5.91 Å². The molecule has 0 saturated heterocycles. The second-order valence-electron chi connectivity index (χ2n) is 7.08. The van der Waals surface area contributed by atoms with Gasteiger partial charge in [-0.15, -0.1) is 0 Å². The second kappa shape index (κ2) is 10.8. The van der Waals surface area contributed by atoms with Gasteiger partial charge >= 0.3 is 0 Å². The molecule has 2 aromatic carbocycles. The summed E-state index contributed by atoms with van der Waals surface area (Å²) in [5.41, 5.74) is 0.927. The fourth-order valence-electron chi connectivity index (χ4n) is 2.81. The molecule has 0 saturated carbocycles. The van der Waals surface area contributed by atoms with Crippen molar-refractivity contribution in [1.82, 2.24) is 5.32 Å². The van der Waals surface area contributed by atoms with Gasteiger partial charge < -0.3 is 15.4 Å². The van der Waals surface area contributed by atoms with E-state index in [1.54, 1.807) is 48.5 Å². The average molecular weight is 448 g/mol. The maximum absolute atomic E-state index is 12.7. The molecule has 168 valence electrons. The van der Waals surface area contributed by atoms with Crippen molar-refractivity contribution in [3.8, 4) is 5.75 Å². The number of amides is 2. The highest BCUT2D eigenvalue weighted by molar-refractivity contribution is 7.92. The third-order valence-corrected chi connectivity index (χ3v) is 5.68. The molecule has 0 spiro atoms. The van der Waals surface area contributed by atoms with E-state index in [1.165, 1.54) is 0 Å². The fourth-order valence-corrected chi connectivity index (χ4v) is 3.66. The van der Waals surface area contributed by atoms with Crippen molar-refractivity contribution in [3.05, 3.63) is 54.1 Å². The first kappa shape index (κ1) is 24.2. The Morgan fingerprint density at radius 2 is 1.81 bits per heavy atom. The van der Waals surface area contributed by atoms with Gasteiger partial charge in [-0.2, -0.15) is 0 Å². The third-order valence-electron chi connectivity index (χ3n) is 4.54. The van der Waals surface area contributed by atoms with Crippen LogP contribution < -0.4 is 19.7 Å². The SMILES string of the molecule is CCOc1cccc(N(CC(=O)Nc2ccccc2C(=O)NC(C)CC)S(C)(=O)=O)c1. The Labute approximate surface area is 183 Å². The zero-order valence-electron chi connectivity index (χ0n) is 18.2. The largest absolute Gasteiger partial charge is 0.494 e. The summed E-state index contributed by atoms with van der Waals surface area (Å²) in [7, 11) is -3.75. The molecule has 2 N–H and O–H groups in total. The van der Waals surface area contributed by atoms with Gasteiger partial charge in [0.05, 0.1) is 29.8 Å². The van der Waals surface area contributed by atoms with Crippen LogP contribution in [0, 0.1) is 0 Å². The molecule has 2 rings (SSSR count). The summed E-state index contributed by atoms with van der Waals surface area (Å²) in [4.78, 5) is 25.3. The van der Waals surface area contributed by atoms with Crippen LogP contribution in [0.15, 0.2) is 48.5 Å². The Bertz CT molecular complexity index is 1020. The number of carbonyl (C=O) groups is 2. The molecule has 0 radical (unpaired) electrons. The van der Waals surface area contributed by atoms with Crippen molar-refractivity contribution >= 4 is 33.2 Å². The van der Waals surface area contributed by atoms with Crippen LogP contribution in [-0.4, -0.2) is 45.7 Å². The van der Waals surface area contributed by atoms with Crippen LogP contribution in [0.2, 0.25) is 0 Å². The maximum Gasteiger partial charge on any atom is 0.253 e. The first-order chi connectivity index (χ1) is 14.7. The predicted molar refractivity (Wildman–Crippen MR) is 122 cm³/mol. The second-order valence-corrected chi connectivity index (χ2v) is 8.98. The molecular formula is C22H29N3O5S. The van der Waals surface area contributed by atoms with E-state index in [-0.39, 0.29) is 11.9 Å². The number of anilines is 2. The quantitative estimate of drug-likeness (QED) is 0.583. The summed E-state index contributed by atoms with van der Waals surface area (Å²) in [6.07, 6.45) is 1.80. The number of hydrogen-bond donors (Lipinski definition) is 2. The Morgan fingerprint density at radius 3 is 2.45 bits per heavy atom. The molecule has 31 heavy (non-hydrogen) atoms. The van der Waals surface area contributed by atoms with Gasteiger partial charge in [-0.1, -0.05) is 25.1 Å². The molecule has 0 heterocycles. The molecule has 0 aromatic heterocycles. The van der Waals surface area contributed by atoms with E-state index in [0.29, 0.717) is 29.3 Å². The zero-order chi connectivity index (χ0) is 23.0. The topological polar surface area (TPSA) is 105 Å². The summed E-state index contributed by atoms with van der Waals surface area (Å²) in [6, 6.07) is 13.1. The van der Waals surface area contributed by atoms with Gasteiger partial charge in [0, 0.05) is 12.1 Å². The van der Waals surface area contributed by atoms with E-state index in [1.807, 2.05) is 20.8 Å². The first-order valence-corrected chi connectivity index (χ1v) is 11.9. The highest BCUT2D eigenvalue weighted by Gasteiger charge is 2.22. The number of carbonyl (C=O) groups excluding carboxylic acids is 2. The lowest BCUT2D eigenvalue weighted by atomic mass is 10.1. The van der Waals surface area contributed by atoms with Crippen LogP contribution in [0.25, 0.3) is 0 Å². The lowest BCUT2D eigenvalue weighted by Crippen LogP contribution is -2.38. The van der Waals surface area contributed by atoms with E-state index in [2.05, 4.69) is 10.6 Å². The number of sulfonamides is 1. The lowest BCUT2D eigenvalue weighted by Gasteiger charge is -2.23. The summed E-state index contributed by atoms with van der Waals surface area (Å²) >= 11 is 0. The van der Waals surface area contributed by atoms with E-state index in [9.17, 15) is 18.0 Å². The van der Waals surface area contributed by atoms with Crippen LogP contribution in [0.5, 0.6) is 5.75 Å². The fraction of sp³-hybridized carbons (Fsp3) is 0.364. The maximum atomic E-state index is 12.7. The highest BCUT2D eigenvalue weighted by atomic mass is 32.2. The van der Waals surface area contributed by atoms with Crippen molar-refractivity contribution in [2.24, 2.45) is 0 Å². The molecule has 1 unspecified atom stereocenters. The number of para-hydroxylation sites is 1. The van der Waals surface area contributed by atoms with Crippen LogP contribution in [0.1, 0.15) is 37.6 Å². The standard InChI is InChI=1S/C22H29N3O5S/c1-5-16(3)23-22(27)19-12-7-8-13-20(19)24-21(26)15-25(31(4,28)29)17-10-9-11-18(14-17)30-6-2/h7-14,16H,5-6,15H2,1-4H3,(H,23,27)(H,24,26). The van der Waals surface area contributed by atoms with E-state index in [0.717, 1.165) is 17.0 Å². The minimum Gasteiger partial charge on any atom is -0.494 e. The molecule has 0 aliphatic carbocycles. The predicted octanol–water partition coefficient (Wildman–Crippen LogP) is 3.02. The van der Waals surface area contributed by atoms with Gasteiger partial charge in [-0.3, -0.25) is 13.9 Å². The summed E-state index contributed by atoms with van der Waals surface area (Å²) < 4.78 is 31.1. The van der Waals surface area contributed by atoms with Crippen molar-refractivity contribution in [2.45, 2.75) is 33.2 Å². The highest BCUT2D eigenvalue weighted by Crippen LogP contribution is 2.24. The molecule has 9 heteroatoms. The number of rotatable bonds is 10. The lowest BCUT2D eigenvalue weighted by molar-refractivity contribution is -0.114. The van der Waals surface area contributed by atoms with Gasteiger partial charge in [0.1, 0.15) is 12.3 Å². The van der Waals surface area contributed by atoms with Crippen molar-refractivity contribution in [1.29, 1.82) is 0 Å². The number of ether oxygens (including phenoxy) is 1. The molecule has 0 aliphatic heterocycles. The summed E-state index contributed by atoms with van der Waals surface area (Å²) in [6.45, 7) is 5.65. The Balaban J connectivity index is 2.23. The zero-order valence-corrected chi connectivity index (χ0v) is 19.0. The van der Waals surface area contributed by atoms with Gasteiger partial charge in [0.15, 0.2) is 0 Å². The van der Waals surface area contributed by atoms with Gasteiger partial charge in [-0.05, 0) is 44.5 Å². The summed E-state index contributed by atoms with van der Waals surface area (Å²) in [5.74, 6) is -0.383. The van der Waals surface area contributed by atoms with Crippen LogP contribution >= 0.6 is 0 Å².